The number of rotatable bonds is 4. The Hall–Kier alpha value is -1.26. The van der Waals surface area contributed by atoms with Crippen LogP contribution < -0.4 is 5.32 Å². The van der Waals surface area contributed by atoms with Gasteiger partial charge in [0.05, 0.1) is 0 Å². The summed E-state index contributed by atoms with van der Waals surface area (Å²) in [5.74, 6) is 0.456. The lowest BCUT2D eigenvalue weighted by atomic mass is 9.83. The lowest BCUT2D eigenvalue weighted by molar-refractivity contribution is 0.608. The molecule has 1 aromatic heterocycles. The first-order valence-electron chi connectivity index (χ1n) is 6.99. The highest BCUT2D eigenvalue weighted by Crippen LogP contribution is 2.37. The number of hydrogen-bond donors (Lipinski definition) is 1. The minimum Gasteiger partial charge on any atom is -0.311 e. The highest BCUT2D eigenvalue weighted by molar-refractivity contribution is 7.11. The van der Waals surface area contributed by atoms with E-state index in [0.717, 1.165) is 18.1 Å². The van der Waals surface area contributed by atoms with Crippen molar-refractivity contribution in [2.75, 3.05) is 6.54 Å². The van der Waals surface area contributed by atoms with Crippen LogP contribution in [-0.4, -0.2) is 16.7 Å². The van der Waals surface area contributed by atoms with E-state index < -0.39 is 0 Å². The molecule has 1 aliphatic carbocycles. The van der Waals surface area contributed by atoms with Gasteiger partial charge in [0.25, 0.3) is 0 Å². The Morgan fingerprint density at radius 2 is 2.21 bits per heavy atom. The lowest BCUT2D eigenvalue weighted by Crippen LogP contribution is -2.11. The first-order valence-corrected chi connectivity index (χ1v) is 7.81. The number of benzene rings is 1. The van der Waals surface area contributed by atoms with Gasteiger partial charge in [-0.2, -0.15) is 0 Å². The minimum atomic E-state index is 0.456. The van der Waals surface area contributed by atoms with E-state index in [1.165, 1.54) is 35.4 Å². The van der Waals surface area contributed by atoms with E-state index in [0.29, 0.717) is 5.92 Å². The first kappa shape index (κ1) is 12.8. The summed E-state index contributed by atoms with van der Waals surface area (Å²) in [6.07, 6.45) is 3.66. The maximum atomic E-state index is 4.42. The topological polar surface area (TPSA) is 37.8 Å². The number of fused-ring (bicyclic) bond motifs is 1. The van der Waals surface area contributed by atoms with E-state index in [4.69, 9.17) is 0 Å². The zero-order valence-electron chi connectivity index (χ0n) is 11.2. The molecule has 1 heterocycles. The van der Waals surface area contributed by atoms with Gasteiger partial charge in [-0.15, -0.1) is 10.2 Å². The van der Waals surface area contributed by atoms with Crippen molar-refractivity contribution in [2.24, 2.45) is 0 Å². The first-order chi connectivity index (χ1) is 9.38. The minimum absolute atomic E-state index is 0.456. The predicted octanol–water partition coefficient (Wildman–Crippen LogP) is 3.12. The molecule has 0 amide bonds. The van der Waals surface area contributed by atoms with Crippen LogP contribution in [0.4, 0.5) is 0 Å². The second-order valence-corrected chi connectivity index (χ2v) is 6.05. The largest absolute Gasteiger partial charge is 0.311 e. The fourth-order valence-corrected chi connectivity index (χ4v) is 3.69. The Morgan fingerprint density at radius 3 is 3.11 bits per heavy atom. The molecule has 1 aromatic carbocycles. The molecule has 0 fully saturated rings. The van der Waals surface area contributed by atoms with Crippen molar-refractivity contribution in [3.8, 4) is 0 Å². The molecule has 0 bridgehead atoms. The summed E-state index contributed by atoms with van der Waals surface area (Å²) in [7, 11) is 0. The molecule has 0 saturated heterocycles. The van der Waals surface area contributed by atoms with Gasteiger partial charge in [-0.05, 0) is 36.9 Å². The second-order valence-electron chi connectivity index (χ2n) is 4.96. The number of aryl methyl sites for hydroxylation is 1. The average molecular weight is 273 g/mol. The molecule has 19 heavy (non-hydrogen) atoms. The molecule has 3 rings (SSSR count). The van der Waals surface area contributed by atoms with Gasteiger partial charge in [0.1, 0.15) is 10.0 Å². The van der Waals surface area contributed by atoms with E-state index in [-0.39, 0.29) is 0 Å². The van der Waals surface area contributed by atoms with Gasteiger partial charge in [0.15, 0.2) is 0 Å². The maximum Gasteiger partial charge on any atom is 0.131 e. The third kappa shape index (κ3) is 2.69. The van der Waals surface area contributed by atoms with Crippen molar-refractivity contribution in [1.29, 1.82) is 0 Å². The number of aromatic nitrogens is 2. The van der Waals surface area contributed by atoms with Crippen LogP contribution in [0.15, 0.2) is 24.3 Å². The van der Waals surface area contributed by atoms with Crippen LogP contribution in [0.1, 0.15) is 46.8 Å². The molecule has 0 radical (unpaired) electrons. The van der Waals surface area contributed by atoms with Crippen LogP contribution in [0.25, 0.3) is 0 Å². The Bertz CT molecular complexity index is 550. The van der Waals surface area contributed by atoms with Gasteiger partial charge in [-0.1, -0.05) is 42.5 Å². The molecule has 1 aliphatic rings. The van der Waals surface area contributed by atoms with Crippen LogP contribution in [0, 0.1) is 0 Å². The predicted molar refractivity (Wildman–Crippen MR) is 78.5 cm³/mol. The molecular weight excluding hydrogens is 254 g/mol. The molecule has 4 heteroatoms. The van der Waals surface area contributed by atoms with E-state index >= 15 is 0 Å². The van der Waals surface area contributed by atoms with Crippen molar-refractivity contribution in [1.82, 2.24) is 15.5 Å². The standard InChI is InChI=1S/C15H19N3S/c1-2-16-10-14-17-18-15(19-14)13-9-5-7-11-6-3-4-8-12(11)13/h3-4,6,8,13,16H,2,5,7,9-10H2,1H3. The summed E-state index contributed by atoms with van der Waals surface area (Å²) < 4.78 is 0. The summed E-state index contributed by atoms with van der Waals surface area (Å²) in [6.45, 7) is 3.92. The summed E-state index contributed by atoms with van der Waals surface area (Å²) >= 11 is 1.76. The zero-order chi connectivity index (χ0) is 13.1. The SMILES string of the molecule is CCNCc1nnc(C2CCCc3ccccc32)s1. The van der Waals surface area contributed by atoms with Crippen molar-refractivity contribution in [3.05, 3.63) is 45.4 Å². The quantitative estimate of drug-likeness (QED) is 0.930. The summed E-state index contributed by atoms with van der Waals surface area (Å²) in [4.78, 5) is 0. The monoisotopic (exact) mass is 273 g/mol. The molecule has 0 saturated carbocycles. The normalized spacial score (nSPS) is 18.3. The van der Waals surface area contributed by atoms with Crippen LogP contribution in [0.2, 0.25) is 0 Å². The highest BCUT2D eigenvalue weighted by Gasteiger charge is 2.24. The van der Waals surface area contributed by atoms with Gasteiger partial charge in [-0.25, -0.2) is 0 Å². The maximum absolute atomic E-state index is 4.42. The number of nitrogens with zero attached hydrogens (tertiary/aromatic N) is 2. The number of hydrogen-bond acceptors (Lipinski definition) is 4. The summed E-state index contributed by atoms with van der Waals surface area (Å²) in [6, 6.07) is 8.78. The van der Waals surface area contributed by atoms with E-state index in [1.54, 1.807) is 11.3 Å². The van der Waals surface area contributed by atoms with Crippen LogP contribution in [0.5, 0.6) is 0 Å². The van der Waals surface area contributed by atoms with E-state index in [1.807, 2.05) is 0 Å². The van der Waals surface area contributed by atoms with E-state index in [9.17, 15) is 0 Å². The smallest absolute Gasteiger partial charge is 0.131 e. The molecule has 1 atom stereocenters. The van der Waals surface area contributed by atoms with Crippen molar-refractivity contribution in [2.45, 2.75) is 38.6 Å². The Balaban J connectivity index is 1.85. The molecule has 100 valence electrons. The Morgan fingerprint density at radius 1 is 1.32 bits per heavy atom. The van der Waals surface area contributed by atoms with Gasteiger partial charge in [0.2, 0.25) is 0 Å². The van der Waals surface area contributed by atoms with E-state index in [2.05, 4.69) is 46.7 Å². The van der Waals surface area contributed by atoms with Gasteiger partial charge in [-0.3, -0.25) is 0 Å². The third-order valence-corrected chi connectivity index (χ3v) is 4.71. The van der Waals surface area contributed by atoms with Gasteiger partial charge >= 0.3 is 0 Å². The number of nitrogens with one attached hydrogen (secondary N) is 1. The summed E-state index contributed by atoms with van der Waals surface area (Å²) in [5.41, 5.74) is 2.95. The van der Waals surface area contributed by atoms with Crippen molar-refractivity contribution < 1.29 is 0 Å². The molecule has 0 aliphatic heterocycles. The van der Waals surface area contributed by atoms with Crippen molar-refractivity contribution >= 4 is 11.3 Å². The fraction of sp³-hybridized carbons (Fsp3) is 0.467. The lowest BCUT2D eigenvalue weighted by Gasteiger charge is -2.23. The van der Waals surface area contributed by atoms with Crippen LogP contribution >= 0.6 is 11.3 Å². The van der Waals surface area contributed by atoms with Crippen molar-refractivity contribution in [3.63, 3.8) is 0 Å². The molecule has 2 aromatic rings. The zero-order valence-corrected chi connectivity index (χ0v) is 12.0. The Labute approximate surface area is 118 Å². The molecule has 3 nitrogen and oxygen atoms in total. The fourth-order valence-electron chi connectivity index (χ4n) is 2.72. The molecular formula is C15H19N3S. The van der Waals surface area contributed by atoms with Crippen LogP contribution in [0.3, 0.4) is 0 Å². The van der Waals surface area contributed by atoms with Gasteiger partial charge in [0, 0.05) is 12.5 Å². The Kier molecular flexibility index (Phi) is 3.89. The second kappa shape index (κ2) is 5.80. The highest BCUT2D eigenvalue weighted by atomic mass is 32.1. The molecule has 0 spiro atoms. The summed E-state index contributed by atoms with van der Waals surface area (Å²) in [5, 5.41) is 14.3. The van der Waals surface area contributed by atoms with Gasteiger partial charge < -0.3 is 5.32 Å². The molecule has 1 N–H and O–H groups in total. The van der Waals surface area contributed by atoms with Crippen LogP contribution in [-0.2, 0) is 13.0 Å². The average Bonchev–Trinajstić information content (AvgIpc) is 2.93. The third-order valence-electron chi connectivity index (χ3n) is 3.68. The molecule has 1 unspecified atom stereocenters.